The molecule has 0 saturated carbocycles. The van der Waals surface area contributed by atoms with E-state index in [0.29, 0.717) is 6.04 Å². The van der Waals surface area contributed by atoms with Crippen molar-refractivity contribution in [1.29, 1.82) is 0 Å². The number of anilines is 1. The molecule has 0 saturated heterocycles. The Kier molecular flexibility index (Phi) is 4.65. The first-order valence-electron chi connectivity index (χ1n) is 8.81. The molecule has 7 heteroatoms. The van der Waals surface area contributed by atoms with Crippen molar-refractivity contribution >= 4 is 33.4 Å². The maximum Gasteiger partial charge on any atom is 0.223 e. The standard InChI is InChI=1S/C19H21N5OS/c1-12(14-3-4-15-17(11-14)21-8-7-20-15)24-9-5-16-18(6-10-24)26-19(23-16)22-13(2)25/h3-4,7-8,11-12H,5-6,9-10H2,1-2H3,(H,22,23,25). The van der Waals surface area contributed by atoms with E-state index in [1.54, 1.807) is 23.7 Å². The highest BCUT2D eigenvalue weighted by Crippen LogP contribution is 2.30. The lowest BCUT2D eigenvalue weighted by molar-refractivity contribution is -0.114. The molecule has 1 amide bonds. The molecule has 1 atom stereocenters. The molecular formula is C19H21N5OS. The highest BCUT2D eigenvalue weighted by Gasteiger charge is 2.22. The van der Waals surface area contributed by atoms with Crippen LogP contribution in [0.1, 0.15) is 36.0 Å². The molecule has 26 heavy (non-hydrogen) atoms. The summed E-state index contributed by atoms with van der Waals surface area (Å²) in [5.74, 6) is -0.0661. The second kappa shape index (κ2) is 7.09. The van der Waals surface area contributed by atoms with E-state index in [1.807, 2.05) is 6.07 Å². The Morgan fingerprint density at radius 3 is 2.77 bits per heavy atom. The van der Waals surface area contributed by atoms with Crippen LogP contribution >= 0.6 is 11.3 Å². The fourth-order valence-electron chi connectivity index (χ4n) is 3.42. The molecule has 0 bridgehead atoms. The summed E-state index contributed by atoms with van der Waals surface area (Å²) in [4.78, 5) is 28.4. The molecule has 0 spiro atoms. The largest absolute Gasteiger partial charge is 0.302 e. The van der Waals surface area contributed by atoms with Crippen LogP contribution in [0.25, 0.3) is 11.0 Å². The van der Waals surface area contributed by atoms with E-state index >= 15 is 0 Å². The lowest BCUT2D eigenvalue weighted by Crippen LogP contribution is -2.29. The molecule has 1 aliphatic rings. The second-order valence-electron chi connectivity index (χ2n) is 6.59. The third-order valence-corrected chi connectivity index (χ3v) is 5.92. The quantitative estimate of drug-likeness (QED) is 0.770. The van der Waals surface area contributed by atoms with Crippen molar-refractivity contribution in [3.63, 3.8) is 0 Å². The summed E-state index contributed by atoms with van der Waals surface area (Å²) < 4.78 is 0. The number of hydrogen-bond acceptors (Lipinski definition) is 6. The Labute approximate surface area is 156 Å². The van der Waals surface area contributed by atoms with E-state index in [0.717, 1.165) is 47.8 Å². The molecule has 0 aliphatic carbocycles. The van der Waals surface area contributed by atoms with E-state index < -0.39 is 0 Å². The Morgan fingerprint density at radius 1 is 1.19 bits per heavy atom. The maximum absolute atomic E-state index is 11.2. The van der Waals surface area contributed by atoms with Crippen molar-refractivity contribution in [3.8, 4) is 0 Å². The van der Waals surface area contributed by atoms with Gasteiger partial charge in [0.2, 0.25) is 5.91 Å². The van der Waals surface area contributed by atoms with Crippen LogP contribution in [0.2, 0.25) is 0 Å². The lowest BCUT2D eigenvalue weighted by atomic mass is 10.1. The summed E-state index contributed by atoms with van der Waals surface area (Å²) in [7, 11) is 0. The van der Waals surface area contributed by atoms with Crippen LogP contribution in [0.5, 0.6) is 0 Å². The molecule has 4 rings (SSSR count). The van der Waals surface area contributed by atoms with E-state index in [2.05, 4.69) is 44.2 Å². The molecule has 1 aliphatic heterocycles. The fourth-order valence-corrected chi connectivity index (χ4v) is 4.47. The van der Waals surface area contributed by atoms with Gasteiger partial charge in [-0.05, 0) is 31.0 Å². The third-order valence-electron chi connectivity index (χ3n) is 4.85. The number of rotatable bonds is 3. The zero-order valence-electron chi connectivity index (χ0n) is 14.9. The number of aromatic nitrogens is 3. The first kappa shape index (κ1) is 17.1. The number of thiazole rings is 1. The summed E-state index contributed by atoms with van der Waals surface area (Å²) >= 11 is 1.60. The molecule has 6 nitrogen and oxygen atoms in total. The number of nitrogens with zero attached hydrogens (tertiary/aromatic N) is 4. The summed E-state index contributed by atoms with van der Waals surface area (Å²) in [5.41, 5.74) is 4.25. The Balaban J connectivity index is 1.49. The number of carbonyl (C=O) groups excluding carboxylic acids is 1. The van der Waals surface area contributed by atoms with Gasteiger partial charge >= 0.3 is 0 Å². The first-order chi connectivity index (χ1) is 12.6. The number of fused-ring (bicyclic) bond motifs is 2. The monoisotopic (exact) mass is 367 g/mol. The number of hydrogen-bond donors (Lipinski definition) is 1. The van der Waals surface area contributed by atoms with Gasteiger partial charge in [0.15, 0.2) is 5.13 Å². The van der Waals surface area contributed by atoms with E-state index in [1.165, 1.54) is 17.4 Å². The van der Waals surface area contributed by atoms with Gasteiger partial charge in [0.05, 0.1) is 16.7 Å². The SMILES string of the molecule is CC(=O)Nc1nc2c(s1)CCN(C(C)c1ccc3nccnc3c1)CC2. The molecule has 0 fully saturated rings. The van der Waals surface area contributed by atoms with E-state index in [-0.39, 0.29) is 5.91 Å². The normalized spacial score (nSPS) is 16.1. The van der Waals surface area contributed by atoms with Crippen molar-refractivity contribution in [2.75, 3.05) is 18.4 Å². The molecule has 3 heterocycles. The predicted octanol–water partition coefficient (Wildman–Crippen LogP) is 3.21. The van der Waals surface area contributed by atoms with Gasteiger partial charge in [-0.1, -0.05) is 6.07 Å². The second-order valence-corrected chi connectivity index (χ2v) is 7.67. The van der Waals surface area contributed by atoms with Gasteiger partial charge in [0.1, 0.15) is 0 Å². The molecule has 134 valence electrons. The summed E-state index contributed by atoms with van der Waals surface area (Å²) in [6.07, 6.45) is 5.33. The summed E-state index contributed by atoms with van der Waals surface area (Å²) in [5, 5.41) is 3.52. The average Bonchev–Trinajstić information content (AvgIpc) is 2.91. The molecule has 0 radical (unpaired) electrons. The van der Waals surface area contributed by atoms with Crippen LogP contribution in [-0.4, -0.2) is 38.8 Å². The van der Waals surface area contributed by atoms with Crippen molar-refractivity contribution in [2.24, 2.45) is 0 Å². The van der Waals surface area contributed by atoms with Crippen LogP contribution in [0.3, 0.4) is 0 Å². The van der Waals surface area contributed by atoms with Crippen LogP contribution in [-0.2, 0) is 17.6 Å². The van der Waals surface area contributed by atoms with Crippen LogP contribution < -0.4 is 5.32 Å². The van der Waals surface area contributed by atoms with Gasteiger partial charge in [-0.3, -0.25) is 19.7 Å². The number of benzene rings is 1. The minimum absolute atomic E-state index is 0.0661. The van der Waals surface area contributed by atoms with E-state index in [9.17, 15) is 4.79 Å². The van der Waals surface area contributed by atoms with Crippen molar-refractivity contribution in [3.05, 3.63) is 46.7 Å². The first-order valence-corrected chi connectivity index (χ1v) is 9.62. The molecule has 1 N–H and O–H groups in total. The van der Waals surface area contributed by atoms with Crippen molar-refractivity contribution in [1.82, 2.24) is 19.9 Å². The lowest BCUT2D eigenvalue weighted by Gasteiger charge is -2.28. The molecular weight excluding hydrogens is 346 g/mol. The van der Waals surface area contributed by atoms with E-state index in [4.69, 9.17) is 0 Å². The zero-order valence-corrected chi connectivity index (χ0v) is 15.7. The summed E-state index contributed by atoms with van der Waals surface area (Å²) in [6, 6.07) is 6.64. The minimum Gasteiger partial charge on any atom is -0.302 e. The Hall–Kier alpha value is -2.38. The smallest absolute Gasteiger partial charge is 0.223 e. The molecule has 1 unspecified atom stereocenters. The topological polar surface area (TPSA) is 71.0 Å². The fraction of sp³-hybridized carbons (Fsp3) is 0.368. The number of nitrogens with one attached hydrogen (secondary N) is 1. The van der Waals surface area contributed by atoms with Crippen molar-refractivity contribution < 1.29 is 4.79 Å². The van der Waals surface area contributed by atoms with Crippen LogP contribution in [0.15, 0.2) is 30.6 Å². The van der Waals surface area contributed by atoms with Gasteiger partial charge in [-0.2, -0.15) is 0 Å². The molecule has 2 aromatic heterocycles. The minimum atomic E-state index is -0.0661. The number of amides is 1. The highest BCUT2D eigenvalue weighted by atomic mass is 32.1. The highest BCUT2D eigenvalue weighted by molar-refractivity contribution is 7.15. The Bertz CT molecular complexity index is 929. The van der Waals surface area contributed by atoms with Gasteiger partial charge in [-0.25, -0.2) is 4.98 Å². The zero-order chi connectivity index (χ0) is 18.1. The van der Waals surface area contributed by atoms with Gasteiger partial charge in [0.25, 0.3) is 0 Å². The van der Waals surface area contributed by atoms with Gasteiger partial charge in [-0.15, -0.1) is 11.3 Å². The van der Waals surface area contributed by atoms with Crippen LogP contribution in [0, 0.1) is 0 Å². The van der Waals surface area contributed by atoms with Crippen LogP contribution in [0.4, 0.5) is 5.13 Å². The number of carbonyl (C=O) groups is 1. The molecule has 3 aromatic rings. The molecule has 1 aromatic carbocycles. The van der Waals surface area contributed by atoms with Gasteiger partial charge < -0.3 is 5.32 Å². The summed E-state index contributed by atoms with van der Waals surface area (Å²) in [6.45, 7) is 5.70. The van der Waals surface area contributed by atoms with Crippen molar-refractivity contribution in [2.45, 2.75) is 32.7 Å². The maximum atomic E-state index is 11.2. The van der Waals surface area contributed by atoms with Gasteiger partial charge in [0, 0.05) is 49.7 Å². The third kappa shape index (κ3) is 3.45. The predicted molar refractivity (Wildman–Crippen MR) is 103 cm³/mol. The average molecular weight is 367 g/mol. The Morgan fingerprint density at radius 2 is 1.96 bits per heavy atom.